The molecule has 1 aliphatic heterocycles. The zero-order valence-electron chi connectivity index (χ0n) is 11.2. The molecule has 0 bridgehead atoms. The van der Waals surface area contributed by atoms with Crippen molar-refractivity contribution in [2.75, 3.05) is 13.1 Å². The van der Waals surface area contributed by atoms with Crippen molar-refractivity contribution >= 4 is 26.0 Å². The molecule has 2 rings (SSSR count). The van der Waals surface area contributed by atoms with Gasteiger partial charge in [0.2, 0.25) is 10.0 Å². The minimum absolute atomic E-state index is 0.0617. The molecular formula is C13H19BrN2O2S. The third-order valence-corrected chi connectivity index (χ3v) is 6.59. The van der Waals surface area contributed by atoms with Crippen molar-refractivity contribution in [3.8, 4) is 0 Å². The molecule has 19 heavy (non-hydrogen) atoms. The highest BCUT2D eigenvalue weighted by Gasteiger charge is 2.35. The van der Waals surface area contributed by atoms with Crippen LogP contribution in [0.3, 0.4) is 0 Å². The highest BCUT2D eigenvalue weighted by Crippen LogP contribution is 2.30. The average Bonchev–Trinajstić information content (AvgIpc) is 2.82. The molecule has 1 aliphatic rings. The number of hydrogen-bond donors (Lipinski definition) is 1. The van der Waals surface area contributed by atoms with Crippen LogP contribution >= 0.6 is 15.9 Å². The van der Waals surface area contributed by atoms with E-state index < -0.39 is 10.0 Å². The smallest absolute Gasteiger partial charge is 0.243 e. The van der Waals surface area contributed by atoms with Crippen LogP contribution < -0.4 is 5.73 Å². The van der Waals surface area contributed by atoms with Crippen LogP contribution in [0, 0.1) is 13.8 Å². The molecular weight excluding hydrogens is 328 g/mol. The van der Waals surface area contributed by atoms with Crippen LogP contribution in [0.2, 0.25) is 0 Å². The number of nitrogens with two attached hydrogens (primary N) is 1. The Morgan fingerprint density at radius 1 is 1.37 bits per heavy atom. The van der Waals surface area contributed by atoms with Crippen LogP contribution in [0.4, 0.5) is 0 Å². The first-order valence-electron chi connectivity index (χ1n) is 6.36. The highest BCUT2D eigenvalue weighted by molar-refractivity contribution is 9.10. The first-order valence-corrected chi connectivity index (χ1v) is 8.60. The molecule has 6 heteroatoms. The van der Waals surface area contributed by atoms with Gasteiger partial charge in [0, 0.05) is 23.6 Å². The quantitative estimate of drug-likeness (QED) is 0.912. The van der Waals surface area contributed by atoms with Crippen molar-refractivity contribution in [1.82, 2.24) is 4.31 Å². The number of hydrogen-bond acceptors (Lipinski definition) is 3. The fourth-order valence-corrected chi connectivity index (χ4v) is 4.98. The summed E-state index contributed by atoms with van der Waals surface area (Å²) in [6, 6.07) is 3.53. The predicted molar refractivity (Wildman–Crippen MR) is 79.6 cm³/mol. The average molecular weight is 347 g/mol. The molecule has 1 unspecified atom stereocenters. The number of nitrogens with zero attached hydrogens (tertiary/aromatic N) is 1. The Bertz CT molecular complexity index is 587. The van der Waals surface area contributed by atoms with Gasteiger partial charge in [-0.25, -0.2) is 8.42 Å². The van der Waals surface area contributed by atoms with E-state index in [1.54, 1.807) is 10.4 Å². The minimum Gasteiger partial charge on any atom is -0.329 e. The summed E-state index contributed by atoms with van der Waals surface area (Å²) in [6.07, 6.45) is 1.74. The predicted octanol–water partition coefficient (Wildman–Crippen LogP) is 2.18. The Labute approximate surface area is 123 Å². The molecule has 4 nitrogen and oxygen atoms in total. The molecule has 0 aliphatic carbocycles. The Kier molecular flexibility index (Phi) is 4.35. The van der Waals surface area contributed by atoms with Crippen LogP contribution in [-0.4, -0.2) is 31.9 Å². The molecule has 0 spiro atoms. The summed E-state index contributed by atoms with van der Waals surface area (Å²) < 4.78 is 28.0. The van der Waals surface area contributed by atoms with Gasteiger partial charge in [0.05, 0.1) is 4.90 Å². The SMILES string of the molecule is Cc1cc(S(=O)(=O)N2CCCC2CN)c(C)cc1Br. The molecule has 1 atom stereocenters. The topological polar surface area (TPSA) is 63.4 Å². The summed E-state index contributed by atoms with van der Waals surface area (Å²) in [5.41, 5.74) is 7.37. The molecule has 1 aromatic rings. The molecule has 1 aromatic carbocycles. The number of rotatable bonds is 3. The van der Waals surface area contributed by atoms with E-state index in [0.29, 0.717) is 18.0 Å². The number of benzene rings is 1. The van der Waals surface area contributed by atoms with Crippen molar-refractivity contribution < 1.29 is 8.42 Å². The van der Waals surface area contributed by atoms with Crippen molar-refractivity contribution in [2.45, 2.75) is 37.6 Å². The first-order chi connectivity index (χ1) is 8.87. The number of aryl methyl sites for hydroxylation is 2. The van der Waals surface area contributed by atoms with Gasteiger partial charge in [-0.05, 0) is 49.9 Å². The Morgan fingerprint density at radius 2 is 2.05 bits per heavy atom. The second-order valence-corrected chi connectivity index (χ2v) is 7.73. The van der Waals surface area contributed by atoms with Crippen LogP contribution in [0.15, 0.2) is 21.5 Å². The van der Waals surface area contributed by atoms with Crippen molar-refractivity contribution in [1.29, 1.82) is 0 Å². The summed E-state index contributed by atoms with van der Waals surface area (Å²) in [6.45, 7) is 4.67. The monoisotopic (exact) mass is 346 g/mol. The Balaban J connectivity index is 2.48. The lowest BCUT2D eigenvalue weighted by molar-refractivity contribution is 0.393. The highest BCUT2D eigenvalue weighted by atomic mass is 79.9. The van der Waals surface area contributed by atoms with Crippen LogP contribution in [0.25, 0.3) is 0 Å². The van der Waals surface area contributed by atoms with E-state index in [4.69, 9.17) is 5.73 Å². The van der Waals surface area contributed by atoms with E-state index >= 15 is 0 Å². The van der Waals surface area contributed by atoms with Gasteiger partial charge in [0.1, 0.15) is 0 Å². The van der Waals surface area contributed by atoms with Crippen molar-refractivity contribution in [2.24, 2.45) is 5.73 Å². The molecule has 0 aromatic heterocycles. The normalized spacial score (nSPS) is 20.9. The van der Waals surface area contributed by atoms with E-state index in [-0.39, 0.29) is 6.04 Å². The largest absolute Gasteiger partial charge is 0.329 e. The van der Waals surface area contributed by atoms with Gasteiger partial charge in [0.25, 0.3) is 0 Å². The van der Waals surface area contributed by atoms with Gasteiger partial charge in [-0.1, -0.05) is 15.9 Å². The van der Waals surface area contributed by atoms with Crippen molar-refractivity contribution in [3.63, 3.8) is 0 Å². The molecule has 2 N–H and O–H groups in total. The number of halogens is 1. The van der Waals surface area contributed by atoms with E-state index in [0.717, 1.165) is 28.4 Å². The molecule has 0 radical (unpaired) electrons. The van der Waals surface area contributed by atoms with Gasteiger partial charge in [-0.3, -0.25) is 0 Å². The van der Waals surface area contributed by atoms with Gasteiger partial charge in [0.15, 0.2) is 0 Å². The lowest BCUT2D eigenvalue weighted by Crippen LogP contribution is -2.40. The molecule has 0 amide bonds. The maximum atomic E-state index is 12.7. The molecule has 0 saturated carbocycles. The lowest BCUT2D eigenvalue weighted by Gasteiger charge is -2.24. The Hall–Kier alpha value is -0.430. The van der Waals surface area contributed by atoms with E-state index in [2.05, 4.69) is 15.9 Å². The van der Waals surface area contributed by atoms with Gasteiger partial charge >= 0.3 is 0 Å². The molecule has 106 valence electrons. The summed E-state index contributed by atoms with van der Waals surface area (Å²) in [5, 5.41) is 0. The summed E-state index contributed by atoms with van der Waals surface area (Å²) in [4.78, 5) is 0.397. The maximum Gasteiger partial charge on any atom is 0.243 e. The zero-order valence-corrected chi connectivity index (χ0v) is 13.6. The first kappa shape index (κ1) is 15.0. The van der Waals surface area contributed by atoms with Crippen LogP contribution in [0.5, 0.6) is 0 Å². The fourth-order valence-electron chi connectivity index (χ4n) is 2.52. The Morgan fingerprint density at radius 3 is 2.68 bits per heavy atom. The summed E-state index contributed by atoms with van der Waals surface area (Å²) in [5.74, 6) is 0. The van der Waals surface area contributed by atoms with Gasteiger partial charge in [-0.15, -0.1) is 0 Å². The van der Waals surface area contributed by atoms with E-state index in [1.165, 1.54) is 0 Å². The summed E-state index contributed by atoms with van der Waals surface area (Å²) >= 11 is 3.43. The van der Waals surface area contributed by atoms with Gasteiger partial charge in [-0.2, -0.15) is 4.31 Å². The lowest BCUT2D eigenvalue weighted by atomic mass is 10.2. The molecule has 1 heterocycles. The van der Waals surface area contributed by atoms with E-state index in [9.17, 15) is 8.42 Å². The third kappa shape index (κ3) is 2.72. The summed E-state index contributed by atoms with van der Waals surface area (Å²) in [7, 11) is -3.44. The fraction of sp³-hybridized carbons (Fsp3) is 0.538. The van der Waals surface area contributed by atoms with Crippen LogP contribution in [-0.2, 0) is 10.0 Å². The number of sulfonamides is 1. The molecule has 1 saturated heterocycles. The zero-order chi connectivity index (χ0) is 14.2. The van der Waals surface area contributed by atoms with Crippen LogP contribution in [0.1, 0.15) is 24.0 Å². The second kappa shape index (κ2) is 5.52. The third-order valence-electron chi connectivity index (χ3n) is 3.64. The van der Waals surface area contributed by atoms with Gasteiger partial charge < -0.3 is 5.73 Å². The standard InChI is InChI=1S/C13H19BrN2O2S/c1-9-7-13(10(2)6-12(9)14)19(17,18)16-5-3-4-11(16)8-15/h6-7,11H,3-5,8,15H2,1-2H3. The minimum atomic E-state index is -3.44. The van der Waals surface area contributed by atoms with E-state index in [1.807, 2.05) is 19.9 Å². The molecule has 1 fully saturated rings. The van der Waals surface area contributed by atoms with Crippen molar-refractivity contribution in [3.05, 3.63) is 27.7 Å². The maximum absolute atomic E-state index is 12.7. The second-order valence-electron chi connectivity index (χ2n) is 5.01.